The fourth-order valence-electron chi connectivity index (χ4n) is 4.15. The van der Waals surface area contributed by atoms with Crippen molar-refractivity contribution in [3.63, 3.8) is 0 Å². The molecule has 3 rings (SSSR count). The normalized spacial score (nSPS) is 19.6. The van der Waals surface area contributed by atoms with E-state index < -0.39 is 0 Å². The summed E-state index contributed by atoms with van der Waals surface area (Å²) in [4.78, 5) is 1.33. The van der Waals surface area contributed by atoms with Crippen LogP contribution in [0.1, 0.15) is 80.9 Å². The van der Waals surface area contributed by atoms with Gasteiger partial charge >= 0.3 is 0 Å². The van der Waals surface area contributed by atoms with Crippen LogP contribution >= 0.6 is 11.8 Å². The lowest BCUT2D eigenvalue weighted by molar-refractivity contribution is 0.303. The molecule has 1 aliphatic carbocycles. The first-order chi connectivity index (χ1) is 13.3. The molecule has 1 saturated carbocycles. The molecule has 1 nitrogen and oxygen atoms in total. The van der Waals surface area contributed by atoms with E-state index in [0.29, 0.717) is 0 Å². The van der Waals surface area contributed by atoms with Gasteiger partial charge in [-0.25, -0.2) is 0 Å². The maximum Gasteiger partial charge on any atom is 0.0991 e. The van der Waals surface area contributed by atoms with Crippen molar-refractivity contribution in [1.82, 2.24) is 0 Å². The second-order valence-electron chi connectivity index (χ2n) is 7.88. The summed E-state index contributed by atoms with van der Waals surface area (Å²) in [5, 5.41) is 8.88. The average molecular weight is 378 g/mol. The Balaban J connectivity index is 1.45. The maximum atomic E-state index is 8.88. The Morgan fingerprint density at radius 2 is 1.63 bits per heavy atom. The summed E-state index contributed by atoms with van der Waals surface area (Å²) < 4.78 is 0. The van der Waals surface area contributed by atoms with E-state index in [4.69, 9.17) is 5.26 Å². The molecule has 0 heterocycles. The number of nitrogens with zero attached hydrogens (tertiary/aromatic N) is 1. The third-order valence-electron chi connectivity index (χ3n) is 5.90. The van der Waals surface area contributed by atoms with Gasteiger partial charge in [0.1, 0.15) is 0 Å². The van der Waals surface area contributed by atoms with Gasteiger partial charge in [0.15, 0.2) is 0 Å². The van der Waals surface area contributed by atoms with Gasteiger partial charge in [-0.15, -0.1) is 11.8 Å². The number of thioether (sulfide) groups is 1. The lowest BCUT2D eigenvalue weighted by Crippen LogP contribution is -2.13. The van der Waals surface area contributed by atoms with Crippen LogP contribution in [-0.2, 0) is 5.75 Å². The van der Waals surface area contributed by atoms with Crippen molar-refractivity contribution in [1.29, 1.82) is 5.26 Å². The molecule has 2 aromatic carbocycles. The summed E-state index contributed by atoms with van der Waals surface area (Å²) in [7, 11) is 0. The molecule has 142 valence electrons. The Morgan fingerprint density at radius 1 is 0.926 bits per heavy atom. The fraction of sp³-hybridized carbons (Fsp3) is 0.480. The van der Waals surface area contributed by atoms with Crippen LogP contribution in [0.3, 0.4) is 0 Å². The van der Waals surface area contributed by atoms with Gasteiger partial charge in [-0.2, -0.15) is 5.26 Å². The molecule has 0 bridgehead atoms. The van der Waals surface area contributed by atoms with E-state index in [9.17, 15) is 0 Å². The second kappa shape index (κ2) is 10.6. The Labute approximate surface area is 169 Å². The summed E-state index contributed by atoms with van der Waals surface area (Å²) in [6.45, 7) is 2.29. The molecule has 0 N–H and O–H groups in total. The fourth-order valence-corrected chi connectivity index (χ4v) is 5.00. The molecule has 2 aromatic rings. The van der Waals surface area contributed by atoms with E-state index in [1.54, 1.807) is 0 Å². The summed E-state index contributed by atoms with van der Waals surface area (Å²) >= 11 is 1.87. The zero-order chi connectivity index (χ0) is 18.9. The van der Waals surface area contributed by atoms with Gasteiger partial charge < -0.3 is 0 Å². The van der Waals surface area contributed by atoms with Crippen LogP contribution in [0.25, 0.3) is 0 Å². The van der Waals surface area contributed by atoms with Gasteiger partial charge in [-0.3, -0.25) is 0 Å². The maximum absolute atomic E-state index is 8.88. The third-order valence-corrected chi connectivity index (χ3v) is 6.99. The van der Waals surface area contributed by atoms with Gasteiger partial charge in [-0.05, 0) is 72.9 Å². The van der Waals surface area contributed by atoms with Gasteiger partial charge in [0, 0.05) is 10.6 Å². The van der Waals surface area contributed by atoms with Crippen LogP contribution in [-0.4, -0.2) is 0 Å². The molecule has 0 spiro atoms. The number of hydrogen-bond donors (Lipinski definition) is 0. The van der Waals surface area contributed by atoms with Crippen LogP contribution in [0.4, 0.5) is 0 Å². The molecular weight excluding hydrogens is 346 g/mol. The van der Waals surface area contributed by atoms with E-state index in [-0.39, 0.29) is 0 Å². The number of unbranched alkanes of at least 4 members (excludes halogenated alkanes) is 2. The number of rotatable bonds is 8. The van der Waals surface area contributed by atoms with Crippen molar-refractivity contribution < 1.29 is 0 Å². The molecule has 0 atom stereocenters. The van der Waals surface area contributed by atoms with Crippen molar-refractivity contribution in [2.45, 2.75) is 74.9 Å². The molecule has 0 saturated heterocycles. The van der Waals surface area contributed by atoms with Crippen LogP contribution in [0.2, 0.25) is 0 Å². The minimum atomic E-state index is 0.730. The van der Waals surface area contributed by atoms with Crippen LogP contribution in [0, 0.1) is 17.2 Å². The second-order valence-corrected chi connectivity index (χ2v) is 8.93. The smallest absolute Gasteiger partial charge is 0.0991 e. The average Bonchev–Trinajstić information content (AvgIpc) is 2.74. The molecule has 1 fully saturated rings. The minimum Gasteiger partial charge on any atom is -0.192 e. The van der Waals surface area contributed by atoms with Crippen LogP contribution in [0.15, 0.2) is 53.4 Å². The molecule has 0 amide bonds. The Bertz CT molecular complexity index is 718. The van der Waals surface area contributed by atoms with Crippen LogP contribution < -0.4 is 0 Å². The molecule has 0 aliphatic heterocycles. The minimum absolute atomic E-state index is 0.730. The molecule has 0 unspecified atom stereocenters. The predicted octanol–water partition coefficient (Wildman–Crippen LogP) is 7.70. The monoisotopic (exact) mass is 377 g/mol. The van der Waals surface area contributed by atoms with Crippen LogP contribution in [0.5, 0.6) is 0 Å². The topological polar surface area (TPSA) is 23.8 Å². The third kappa shape index (κ3) is 6.15. The van der Waals surface area contributed by atoms with E-state index in [1.807, 2.05) is 23.9 Å². The highest BCUT2D eigenvalue weighted by molar-refractivity contribution is 7.98. The Kier molecular flexibility index (Phi) is 7.84. The number of nitriles is 1. The lowest BCUT2D eigenvalue weighted by Gasteiger charge is -2.29. The van der Waals surface area contributed by atoms with Gasteiger partial charge in [0.2, 0.25) is 0 Å². The summed E-state index contributed by atoms with van der Waals surface area (Å²) in [5.41, 5.74) is 3.53. The first kappa shape index (κ1) is 20.0. The van der Waals surface area contributed by atoms with Gasteiger partial charge in [0.05, 0.1) is 11.6 Å². The SMILES string of the molecule is CCCCCC1CCC(c2ccc(SCc3ccc(C#N)cc3)cc2)CC1. The standard InChI is InChI=1S/C25H31NS/c1-2-3-4-5-20-10-12-23(13-11-20)24-14-16-25(17-15-24)27-19-22-8-6-21(18-26)7-9-22/h6-9,14-17,20,23H,2-5,10-13,19H2,1H3. The molecule has 2 heteroatoms. The number of benzene rings is 2. The Hall–Kier alpha value is -1.72. The highest BCUT2D eigenvalue weighted by Crippen LogP contribution is 2.38. The summed E-state index contributed by atoms with van der Waals surface area (Å²) in [6, 6.07) is 19.4. The molecule has 1 aliphatic rings. The highest BCUT2D eigenvalue weighted by Gasteiger charge is 2.21. The molecular formula is C25H31NS. The largest absolute Gasteiger partial charge is 0.192 e. The van der Waals surface area contributed by atoms with Gasteiger partial charge in [0.25, 0.3) is 0 Å². The van der Waals surface area contributed by atoms with Crippen molar-refractivity contribution >= 4 is 11.8 Å². The molecule has 0 aromatic heterocycles. The molecule has 27 heavy (non-hydrogen) atoms. The number of hydrogen-bond acceptors (Lipinski definition) is 2. The van der Waals surface area contributed by atoms with Crippen molar-refractivity contribution in [3.05, 3.63) is 65.2 Å². The predicted molar refractivity (Wildman–Crippen MR) is 116 cm³/mol. The van der Waals surface area contributed by atoms with E-state index in [0.717, 1.165) is 23.2 Å². The van der Waals surface area contributed by atoms with E-state index >= 15 is 0 Å². The highest BCUT2D eigenvalue weighted by atomic mass is 32.2. The van der Waals surface area contributed by atoms with Gasteiger partial charge in [-0.1, -0.05) is 56.9 Å². The first-order valence-corrected chi connectivity index (χ1v) is 11.5. The van der Waals surface area contributed by atoms with E-state index in [1.165, 1.54) is 67.4 Å². The van der Waals surface area contributed by atoms with E-state index in [2.05, 4.69) is 49.4 Å². The quantitative estimate of drug-likeness (QED) is 0.347. The zero-order valence-corrected chi connectivity index (χ0v) is 17.3. The van der Waals surface area contributed by atoms with Crippen molar-refractivity contribution in [3.8, 4) is 6.07 Å². The summed E-state index contributed by atoms with van der Waals surface area (Å²) in [6.07, 6.45) is 11.2. The zero-order valence-electron chi connectivity index (χ0n) is 16.5. The Morgan fingerprint density at radius 3 is 2.26 bits per heavy atom. The summed E-state index contributed by atoms with van der Waals surface area (Å²) in [5.74, 6) is 2.70. The van der Waals surface area contributed by atoms with Crippen molar-refractivity contribution in [2.75, 3.05) is 0 Å². The van der Waals surface area contributed by atoms with Crippen molar-refractivity contribution in [2.24, 2.45) is 5.92 Å². The first-order valence-electron chi connectivity index (χ1n) is 10.5. The lowest BCUT2D eigenvalue weighted by atomic mass is 9.77. The molecule has 0 radical (unpaired) electrons.